The van der Waals surface area contributed by atoms with E-state index in [1.807, 2.05) is 37.3 Å². The third kappa shape index (κ3) is 4.70. The smallest absolute Gasteiger partial charge is 0.316 e. The molecule has 0 aliphatic carbocycles. The summed E-state index contributed by atoms with van der Waals surface area (Å²) in [5.74, 6) is -1.14. The lowest BCUT2D eigenvalue weighted by atomic mass is 9.96. The van der Waals surface area contributed by atoms with Gasteiger partial charge < -0.3 is 4.74 Å². The minimum atomic E-state index is -0.628. The first-order valence-electron chi connectivity index (χ1n) is 6.36. The van der Waals surface area contributed by atoms with Crippen LogP contribution in [0.1, 0.15) is 32.3 Å². The van der Waals surface area contributed by atoms with Gasteiger partial charge in [-0.15, -0.1) is 0 Å². The summed E-state index contributed by atoms with van der Waals surface area (Å²) in [6.45, 7) is 3.76. The molecule has 1 aromatic rings. The Hall–Kier alpha value is -1.64. The summed E-state index contributed by atoms with van der Waals surface area (Å²) in [5.41, 5.74) is 1.13. The Labute approximate surface area is 108 Å². The first kappa shape index (κ1) is 14.4. The molecular weight excluding hydrogens is 228 g/mol. The molecule has 0 aliphatic rings. The monoisotopic (exact) mass is 248 g/mol. The maximum absolute atomic E-state index is 11.7. The van der Waals surface area contributed by atoms with Gasteiger partial charge in [0.25, 0.3) is 0 Å². The summed E-state index contributed by atoms with van der Waals surface area (Å²) < 4.78 is 5.04. The van der Waals surface area contributed by atoms with E-state index in [2.05, 4.69) is 0 Å². The fourth-order valence-electron chi connectivity index (χ4n) is 1.75. The molecule has 18 heavy (non-hydrogen) atoms. The van der Waals surface area contributed by atoms with E-state index < -0.39 is 5.92 Å². The molecule has 0 amide bonds. The summed E-state index contributed by atoms with van der Waals surface area (Å²) in [4.78, 5) is 23.2. The lowest BCUT2D eigenvalue weighted by molar-refractivity contribution is -0.151. The lowest BCUT2D eigenvalue weighted by Gasteiger charge is -2.12. The van der Waals surface area contributed by atoms with Crippen LogP contribution >= 0.6 is 0 Å². The zero-order valence-corrected chi connectivity index (χ0v) is 11.0. The first-order valence-corrected chi connectivity index (χ1v) is 6.36. The van der Waals surface area contributed by atoms with Gasteiger partial charge in [-0.05, 0) is 31.7 Å². The van der Waals surface area contributed by atoms with Gasteiger partial charge in [0.05, 0.1) is 6.61 Å². The number of ketones is 1. The van der Waals surface area contributed by atoms with Crippen LogP contribution < -0.4 is 0 Å². The van der Waals surface area contributed by atoms with Crippen molar-refractivity contribution in [1.82, 2.24) is 0 Å². The summed E-state index contributed by atoms with van der Waals surface area (Å²) in [6.07, 6.45) is 2.00. The van der Waals surface area contributed by atoms with Crippen LogP contribution in [0.3, 0.4) is 0 Å². The van der Waals surface area contributed by atoms with Gasteiger partial charge in [-0.1, -0.05) is 37.3 Å². The largest absolute Gasteiger partial charge is 0.465 e. The normalized spacial score (nSPS) is 11.9. The topological polar surface area (TPSA) is 43.4 Å². The molecule has 0 N–H and O–H groups in total. The van der Waals surface area contributed by atoms with Crippen molar-refractivity contribution in [3.05, 3.63) is 35.9 Å². The molecule has 0 saturated heterocycles. The predicted octanol–water partition coefficient (Wildman–Crippen LogP) is 2.78. The molecule has 3 heteroatoms. The molecule has 1 rings (SSSR count). The number of aryl methyl sites for hydroxylation is 1. The number of carbonyl (C=O) groups excluding carboxylic acids is 2. The number of esters is 1. The van der Waals surface area contributed by atoms with Crippen molar-refractivity contribution >= 4 is 11.8 Å². The van der Waals surface area contributed by atoms with Gasteiger partial charge in [0, 0.05) is 0 Å². The van der Waals surface area contributed by atoms with Crippen LogP contribution in [0.2, 0.25) is 0 Å². The van der Waals surface area contributed by atoms with Gasteiger partial charge in [0.2, 0.25) is 0 Å². The van der Waals surface area contributed by atoms with Gasteiger partial charge in [-0.2, -0.15) is 0 Å². The van der Waals surface area contributed by atoms with E-state index in [1.54, 1.807) is 0 Å². The van der Waals surface area contributed by atoms with Gasteiger partial charge in [0.15, 0.2) is 0 Å². The number of hydrogen-bond donors (Lipinski definition) is 0. The lowest BCUT2D eigenvalue weighted by Crippen LogP contribution is -2.25. The highest BCUT2D eigenvalue weighted by Gasteiger charge is 2.24. The highest BCUT2D eigenvalue weighted by atomic mass is 16.5. The Morgan fingerprint density at radius 1 is 1.22 bits per heavy atom. The number of rotatable bonds is 7. The average Bonchev–Trinajstić information content (AvgIpc) is 2.37. The molecule has 1 unspecified atom stereocenters. The van der Waals surface area contributed by atoms with Crippen molar-refractivity contribution in [2.75, 3.05) is 6.61 Å². The fraction of sp³-hybridized carbons (Fsp3) is 0.467. The summed E-state index contributed by atoms with van der Waals surface area (Å²) in [7, 11) is 0. The van der Waals surface area contributed by atoms with Crippen molar-refractivity contribution < 1.29 is 14.3 Å². The van der Waals surface area contributed by atoms with Crippen molar-refractivity contribution in [2.24, 2.45) is 5.92 Å². The van der Waals surface area contributed by atoms with E-state index in [-0.39, 0.29) is 11.8 Å². The maximum atomic E-state index is 11.7. The van der Waals surface area contributed by atoms with Crippen LogP contribution in [0.15, 0.2) is 30.3 Å². The Balaban J connectivity index is 2.53. The number of hydrogen-bond acceptors (Lipinski definition) is 3. The van der Waals surface area contributed by atoms with Crippen LogP contribution in [-0.2, 0) is 20.7 Å². The quantitative estimate of drug-likeness (QED) is 0.550. The van der Waals surface area contributed by atoms with Gasteiger partial charge in [-0.3, -0.25) is 9.59 Å². The van der Waals surface area contributed by atoms with Gasteiger partial charge in [0.1, 0.15) is 11.7 Å². The van der Waals surface area contributed by atoms with E-state index in [0.29, 0.717) is 19.4 Å². The molecule has 3 nitrogen and oxygen atoms in total. The average molecular weight is 248 g/mol. The van der Waals surface area contributed by atoms with Crippen LogP contribution in [0, 0.1) is 5.92 Å². The van der Waals surface area contributed by atoms with Crippen molar-refractivity contribution in [3.8, 4) is 0 Å². The maximum Gasteiger partial charge on any atom is 0.316 e. The number of benzene rings is 1. The molecule has 0 bridgehead atoms. The van der Waals surface area contributed by atoms with Crippen molar-refractivity contribution in [2.45, 2.75) is 33.1 Å². The number of carbonyl (C=O) groups is 2. The highest BCUT2D eigenvalue weighted by molar-refractivity contribution is 5.97. The third-order valence-corrected chi connectivity index (χ3v) is 2.79. The number of Topliss-reactive ketones (excluding diaryl/α,β-unsaturated/α-hetero) is 1. The van der Waals surface area contributed by atoms with E-state index >= 15 is 0 Å². The van der Waals surface area contributed by atoms with Crippen molar-refractivity contribution in [1.29, 1.82) is 0 Å². The standard InChI is InChI=1S/C15H20O3/c1-3-11-18-15(17)14(12(2)16)10-9-13-7-5-4-6-8-13/h4-8,14H,3,9-11H2,1-2H3. The van der Waals surface area contributed by atoms with Gasteiger partial charge >= 0.3 is 5.97 Å². The molecule has 0 spiro atoms. The minimum Gasteiger partial charge on any atom is -0.465 e. The second-order valence-electron chi connectivity index (χ2n) is 4.36. The zero-order valence-electron chi connectivity index (χ0n) is 11.0. The van der Waals surface area contributed by atoms with E-state index in [9.17, 15) is 9.59 Å². The fourth-order valence-corrected chi connectivity index (χ4v) is 1.75. The molecule has 0 radical (unpaired) electrons. The Morgan fingerprint density at radius 2 is 1.89 bits per heavy atom. The first-order chi connectivity index (χ1) is 8.65. The molecule has 0 saturated carbocycles. The molecule has 1 atom stereocenters. The minimum absolute atomic E-state index is 0.118. The van der Waals surface area contributed by atoms with E-state index in [4.69, 9.17) is 4.74 Å². The van der Waals surface area contributed by atoms with Crippen LogP contribution in [0.5, 0.6) is 0 Å². The molecule has 0 fully saturated rings. The Kier molecular flexibility index (Phi) is 6.12. The Morgan fingerprint density at radius 3 is 2.44 bits per heavy atom. The van der Waals surface area contributed by atoms with Crippen LogP contribution in [0.25, 0.3) is 0 Å². The molecule has 0 heterocycles. The van der Waals surface area contributed by atoms with E-state index in [0.717, 1.165) is 12.0 Å². The van der Waals surface area contributed by atoms with Crippen LogP contribution in [-0.4, -0.2) is 18.4 Å². The number of ether oxygens (including phenoxy) is 1. The summed E-state index contributed by atoms with van der Waals surface area (Å²) >= 11 is 0. The SMILES string of the molecule is CCCOC(=O)C(CCc1ccccc1)C(C)=O. The molecule has 98 valence electrons. The second-order valence-corrected chi connectivity index (χ2v) is 4.36. The molecule has 0 aliphatic heterocycles. The molecular formula is C15H20O3. The zero-order chi connectivity index (χ0) is 13.4. The predicted molar refractivity (Wildman–Crippen MR) is 70.2 cm³/mol. The van der Waals surface area contributed by atoms with Crippen LogP contribution in [0.4, 0.5) is 0 Å². The Bertz CT molecular complexity index is 384. The van der Waals surface area contributed by atoms with E-state index in [1.165, 1.54) is 6.92 Å². The van der Waals surface area contributed by atoms with Gasteiger partial charge in [-0.25, -0.2) is 0 Å². The summed E-state index contributed by atoms with van der Waals surface area (Å²) in [6, 6.07) is 9.84. The summed E-state index contributed by atoms with van der Waals surface area (Å²) in [5, 5.41) is 0. The van der Waals surface area contributed by atoms with Crippen molar-refractivity contribution in [3.63, 3.8) is 0 Å². The second kappa shape index (κ2) is 7.64. The highest BCUT2D eigenvalue weighted by Crippen LogP contribution is 2.13. The molecule has 1 aromatic carbocycles. The molecule has 0 aromatic heterocycles. The third-order valence-electron chi connectivity index (χ3n) is 2.79.